The van der Waals surface area contributed by atoms with Gasteiger partial charge in [-0.3, -0.25) is 5.43 Å². The molecule has 3 nitrogen and oxygen atoms in total. The SMILES string of the molecule is Cc1cc(C2=NNC(=Nc3cccc(Cl)c3)SC2)c(C)s1. The Hall–Kier alpha value is -1.30. The normalized spacial score (nSPS) is 16.7. The lowest BCUT2D eigenvalue weighted by molar-refractivity contribution is 1.03. The number of hydrogen-bond donors (Lipinski definition) is 1. The largest absolute Gasteiger partial charge is 0.255 e. The number of nitrogens with zero attached hydrogens (tertiary/aromatic N) is 2. The molecule has 0 fully saturated rings. The van der Waals surface area contributed by atoms with Crippen molar-refractivity contribution < 1.29 is 0 Å². The third kappa shape index (κ3) is 3.48. The molecule has 1 aliphatic heterocycles. The van der Waals surface area contributed by atoms with Gasteiger partial charge in [0.2, 0.25) is 0 Å². The minimum Gasteiger partial charge on any atom is -0.255 e. The number of halogens is 1. The quantitative estimate of drug-likeness (QED) is 0.860. The Morgan fingerprint density at radius 2 is 2.14 bits per heavy atom. The summed E-state index contributed by atoms with van der Waals surface area (Å²) < 4.78 is 0. The van der Waals surface area contributed by atoms with Gasteiger partial charge in [-0.1, -0.05) is 29.4 Å². The molecule has 1 N–H and O–H groups in total. The zero-order valence-electron chi connectivity index (χ0n) is 11.7. The average molecular weight is 336 g/mol. The monoisotopic (exact) mass is 335 g/mol. The van der Waals surface area contributed by atoms with Gasteiger partial charge in [-0.25, -0.2) is 4.99 Å². The average Bonchev–Trinajstić information content (AvgIpc) is 2.79. The zero-order valence-corrected chi connectivity index (χ0v) is 14.1. The van der Waals surface area contributed by atoms with Gasteiger partial charge in [-0.2, -0.15) is 5.10 Å². The van der Waals surface area contributed by atoms with E-state index in [2.05, 4.69) is 35.4 Å². The maximum absolute atomic E-state index is 5.96. The molecule has 3 rings (SSSR count). The van der Waals surface area contributed by atoms with E-state index < -0.39 is 0 Å². The Balaban J connectivity index is 1.79. The van der Waals surface area contributed by atoms with Crippen molar-refractivity contribution in [3.8, 4) is 0 Å². The lowest BCUT2D eigenvalue weighted by Crippen LogP contribution is -2.25. The van der Waals surface area contributed by atoms with E-state index in [1.54, 1.807) is 23.1 Å². The van der Waals surface area contributed by atoms with Crippen molar-refractivity contribution in [3.05, 3.63) is 50.7 Å². The van der Waals surface area contributed by atoms with Crippen LogP contribution in [0.15, 0.2) is 40.4 Å². The Morgan fingerprint density at radius 3 is 2.76 bits per heavy atom. The maximum atomic E-state index is 5.96. The van der Waals surface area contributed by atoms with Crippen molar-refractivity contribution in [2.45, 2.75) is 13.8 Å². The summed E-state index contributed by atoms with van der Waals surface area (Å²) in [6, 6.07) is 9.68. The molecule has 0 atom stereocenters. The molecule has 0 bridgehead atoms. The summed E-state index contributed by atoms with van der Waals surface area (Å²) in [6.07, 6.45) is 0. The number of hydrazone groups is 1. The van der Waals surface area contributed by atoms with Crippen molar-refractivity contribution in [1.82, 2.24) is 5.43 Å². The number of aliphatic imine (C=N–C) groups is 1. The van der Waals surface area contributed by atoms with Crippen LogP contribution in [0.25, 0.3) is 0 Å². The van der Waals surface area contributed by atoms with E-state index in [9.17, 15) is 0 Å². The molecule has 0 amide bonds. The highest BCUT2D eigenvalue weighted by Gasteiger charge is 2.16. The topological polar surface area (TPSA) is 36.8 Å². The van der Waals surface area contributed by atoms with Crippen LogP contribution in [0.3, 0.4) is 0 Å². The molecule has 1 aromatic carbocycles. The molecule has 2 aromatic rings. The maximum Gasteiger partial charge on any atom is 0.182 e. The Labute approximate surface area is 137 Å². The zero-order chi connectivity index (χ0) is 14.8. The molecule has 6 heteroatoms. The van der Waals surface area contributed by atoms with E-state index in [1.165, 1.54) is 15.3 Å². The first-order valence-electron chi connectivity index (χ1n) is 6.49. The van der Waals surface area contributed by atoms with Gasteiger partial charge in [0.15, 0.2) is 5.17 Å². The molecule has 2 heterocycles. The number of benzene rings is 1. The molecule has 1 aromatic heterocycles. The first-order chi connectivity index (χ1) is 10.1. The van der Waals surface area contributed by atoms with Crippen LogP contribution < -0.4 is 5.43 Å². The van der Waals surface area contributed by atoms with E-state index in [1.807, 2.05) is 24.3 Å². The van der Waals surface area contributed by atoms with Crippen LogP contribution >= 0.6 is 34.7 Å². The Kier molecular flexibility index (Phi) is 4.33. The summed E-state index contributed by atoms with van der Waals surface area (Å²) in [5.74, 6) is 0.823. The van der Waals surface area contributed by atoms with E-state index in [0.717, 1.165) is 22.3 Å². The molecule has 1 aliphatic rings. The van der Waals surface area contributed by atoms with Gasteiger partial charge in [-0.05, 0) is 38.1 Å². The second-order valence-corrected chi connectivity index (χ2v) is 7.54. The molecule has 21 heavy (non-hydrogen) atoms. The van der Waals surface area contributed by atoms with Gasteiger partial charge < -0.3 is 0 Å². The summed E-state index contributed by atoms with van der Waals surface area (Å²) in [4.78, 5) is 7.14. The molecule has 0 saturated heterocycles. The number of rotatable bonds is 2. The highest BCUT2D eigenvalue weighted by Crippen LogP contribution is 2.25. The fourth-order valence-corrected chi connectivity index (χ4v) is 4.00. The highest BCUT2D eigenvalue weighted by molar-refractivity contribution is 8.14. The summed E-state index contributed by atoms with van der Waals surface area (Å²) >= 11 is 9.42. The van der Waals surface area contributed by atoms with Crippen molar-refractivity contribution >= 4 is 51.3 Å². The van der Waals surface area contributed by atoms with Gasteiger partial charge in [0, 0.05) is 26.1 Å². The van der Waals surface area contributed by atoms with Gasteiger partial charge in [0.1, 0.15) is 0 Å². The third-order valence-corrected chi connectivity index (χ3v) is 5.10. The van der Waals surface area contributed by atoms with Crippen LogP contribution in [0.5, 0.6) is 0 Å². The Bertz CT molecular complexity index is 734. The number of thiophene rings is 1. The standard InChI is InChI=1S/C15H14ClN3S2/c1-9-6-13(10(2)21-9)14-8-20-15(19-18-14)17-12-5-3-4-11(16)7-12/h3-7H,8H2,1-2H3,(H,17,19). The van der Waals surface area contributed by atoms with Crippen molar-refractivity contribution in [2.24, 2.45) is 10.1 Å². The molecule has 0 spiro atoms. The molecule has 108 valence electrons. The van der Waals surface area contributed by atoms with Gasteiger partial charge in [0.05, 0.1) is 11.4 Å². The Morgan fingerprint density at radius 1 is 1.29 bits per heavy atom. The van der Waals surface area contributed by atoms with Crippen molar-refractivity contribution in [1.29, 1.82) is 0 Å². The minimum atomic E-state index is 0.686. The van der Waals surface area contributed by atoms with E-state index in [-0.39, 0.29) is 0 Å². The summed E-state index contributed by atoms with van der Waals surface area (Å²) in [6.45, 7) is 4.26. The molecule has 0 unspecified atom stereocenters. The third-order valence-electron chi connectivity index (χ3n) is 3.02. The van der Waals surface area contributed by atoms with Crippen LogP contribution in [0.1, 0.15) is 15.3 Å². The number of aryl methyl sites for hydroxylation is 2. The molecule has 0 radical (unpaired) electrons. The summed E-state index contributed by atoms with van der Waals surface area (Å²) in [5.41, 5.74) is 6.18. The van der Waals surface area contributed by atoms with Crippen LogP contribution in [0, 0.1) is 13.8 Å². The van der Waals surface area contributed by atoms with Crippen LogP contribution in [0.2, 0.25) is 5.02 Å². The predicted octanol–water partition coefficient (Wildman–Crippen LogP) is 4.75. The lowest BCUT2D eigenvalue weighted by Gasteiger charge is -2.14. The molecular formula is C15H14ClN3S2. The van der Waals surface area contributed by atoms with Crippen molar-refractivity contribution in [2.75, 3.05) is 5.75 Å². The first-order valence-corrected chi connectivity index (χ1v) is 8.67. The van der Waals surface area contributed by atoms with Crippen LogP contribution in [-0.2, 0) is 0 Å². The fourth-order valence-electron chi connectivity index (χ4n) is 2.09. The lowest BCUT2D eigenvalue weighted by atomic mass is 10.2. The first kappa shape index (κ1) is 14.6. The second-order valence-electron chi connectivity index (χ2n) is 4.68. The minimum absolute atomic E-state index is 0.686. The predicted molar refractivity (Wildman–Crippen MR) is 94.5 cm³/mol. The number of thioether (sulfide) groups is 1. The smallest absolute Gasteiger partial charge is 0.182 e. The number of nitrogens with one attached hydrogen (secondary N) is 1. The molecule has 0 saturated carbocycles. The van der Waals surface area contributed by atoms with Crippen LogP contribution in [-0.4, -0.2) is 16.6 Å². The van der Waals surface area contributed by atoms with Gasteiger partial charge >= 0.3 is 0 Å². The molecule has 0 aliphatic carbocycles. The second kappa shape index (κ2) is 6.22. The van der Waals surface area contributed by atoms with Gasteiger partial charge in [0.25, 0.3) is 0 Å². The van der Waals surface area contributed by atoms with E-state index >= 15 is 0 Å². The van der Waals surface area contributed by atoms with Gasteiger partial charge in [-0.15, -0.1) is 11.3 Å². The number of hydrogen-bond acceptors (Lipinski definition) is 4. The van der Waals surface area contributed by atoms with Crippen LogP contribution in [0.4, 0.5) is 5.69 Å². The van der Waals surface area contributed by atoms with Crippen molar-refractivity contribution in [3.63, 3.8) is 0 Å². The highest BCUT2D eigenvalue weighted by atomic mass is 35.5. The number of amidine groups is 1. The molecular weight excluding hydrogens is 322 g/mol. The summed E-state index contributed by atoms with van der Waals surface area (Å²) in [7, 11) is 0. The van der Waals surface area contributed by atoms with E-state index in [0.29, 0.717) is 5.02 Å². The summed E-state index contributed by atoms with van der Waals surface area (Å²) in [5, 5.41) is 5.95. The van der Waals surface area contributed by atoms with E-state index in [4.69, 9.17) is 11.6 Å². The fraction of sp³-hybridized carbons (Fsp3) is 0.200.